The van der Waals surface area contributed by atoms with Crippen molar-refractivity contribution in [1.82, 2.24) is 9.13 Å². The number of nitrogens with zero attached hydrogens (tertiary/aromatic N) is 2. The van der Waals surface area contributed by atoms with Gasteiger partial charge in [-0.05, 0) is 114 Å². The first kappa shape index (κ1) is 31.9. The van der Waals surface area contributed by atoms with Crippen LogP contribution >= 0.6 is 0 Å². The van der Waals surface area contributed by atoms with E-state index >= 15 is 0 Å². The minimum Gasteiger partial charge on any atom is -0.460 e. The molecule has 274 valence electrons. The summed E-state index contributed by atoms with van der Waals surface area (Å²) in [6, 6.07) is 53.7. The van der Waals surface area contributed by atoms with Gasteiger partial charge in [0.15, 0.2) is 0 Å². The fourth-order valence-electron chi connectivity index (χ4n) is 9.90. The van der Waals surface area contributed by atoms with Gasteiger partial charge in [0.05, 0.1) is 22.1 Å². The second-order valence-electron chi connectivity index (χ2n) is 15.9. The molecule has 2 aliphatic rings. The van der Waals surface area contributed by atoms with Crippen LogP contribution in [-0.2, 0) is 12.8 Å². The molecule has 0 radical (unpaired) electrons. The standard InChI is InChI=1S/C54H36N2O2/c1-5-16-47-39(12-1)43-29-35(20-24-49(43)55(47)37-22-26-53-45(31-37)41-14-3-7-18-51(41)57-53)33-10-9-11-34(28-33)36-21-25-50-44(30-36)40-13-2-6-17-48(40)56(50)38-23-27-54-46(32-38)42-15-4-8-19-52(42)58-54/h1-6,9-17,20-32H,7-8,18-19H2. The Morgan fingerprint density at radius 1 is 0.362 bits per heavy atom. The van der Waals surface area contributed by atoms with Gasteiger partial charge in [-0.2, -0.15) is 0 Å². The SMILES string of the molecule is C1=Cc2c(oc3ccc(-n4c5ccccc5c5cc(-c6cccc(-c7ccc8c(c7)c7ccccc7n8-c7ccc8oc9c(c8c7)C=CCC9)c6)ccc54)cc23)CC1. The number of fused-ring (bicyclic) bond motifs is 12. The van der Waals surface area contributed by atoms with Crippen molar-refractivity contribution in [3.63, 3.8) is 0 Å². The van der Waals surface area contributed by atoms with Crippen molar-refractivity contribution in [2.45, 2.75) is 25.7 Å². The first-order chi connectivity index (χ1) is 28.7. The molecule has 11 aromatic rings. The Bertz CT molecular complexity index is 3350. The van der Waals surface area contributed by atoms with Crippen molar-refractivity contribution in [1.29, 1.82) is 0 Å². The highest BCUT2D eigenvalue weighted by atomic mass is 16.3. The van der Waals surface area contributed by atoms with Gasteiger partial charge in [-0.15, -0.1) is 0 Å². The summed E-state index contributed by atoms with van der Waals surface area (Å²) in [7, 11) is 0. The number of furan rings is 2. The molecule has 0 saturated carbocycles. The average molecular weight is 745 g/mol. The van der Waals surface area contributed by atoms with E-state index in [-0.39, 0.29) is 0 Å². The lowest BCUT2D eigenvalue weighted by atomic mass is 9.97. The fourth-order valence-corrected chi connectivity index (χ4v) is 9.90. The van der Waals surface area contributed by atoms with Gasteiger partial charge in [0.2, 0.25) is 0 Å². The zero-order valence-electron chi connectivity index (χ0n) is 31.7. The van der Waals surface area contributed by atoms with Gasteiger partial charge < -0.3 is 18.0 Å². The topological polar surface area (TPSA) is 36.1 Å². The molecule has 0 bridgehead atoms. The van der Waals surface area contributed by atoms with E-state index in [1.54, 1.807) is 0 Å². The second kappa shape index (κ2) is 12.1. The van der Waals surface area contributed by atoms with Crippen LogP contribution in [0.1, 0.15) is 35.5 Å². The molecule has 0 fully saturated rings. The Balaban J connectivity index is 0.913. The number of allylic oxidation sites excluding steroid dienone is 2. The molecule has 0 spiro atoms. The molecule has 2 aliphatic carbocycles. The predicted octanol–water partition coefficient (Wildman–Crippen LogP) is 14.6. The zero-order valence-corrected chi connectivity index (χ0v) is 31.7. The molecule has 0 N–H and O–H groups in total. The second-order valence-corrected chi connectivity index (χ2v) is 15.9. The van der Waals surface area contributed by atoms with Crippen LogP contribution in [0.3, 0.4) is 0 Å². The lowest BCUT2D eigenvalue weighted by Crippen LogP contribution is -1.94. The number of aryl methyl sites for hydroxylation is 2. The van der Waals surface area contributed by atoms with Gasteiger partial charge in [-0.1, -0.05) is 91.0 Å². The molecular weight excluding hydrogens is 709 g/mol. The number of benzene rings is 7. The van der Waals surface area contributed by atoms with Gasteiger partial charge in [-0.3, -0.25) is 0 Å². The molecule has 4 heteroatoms. The summed E-state index contributed by atoms with van der Waals surface area (Å²) < 4.78 is 17.3. The Hall–Kier alpha value is -7.30. The molecule has 4 aromatic heterocycles. The van der Waals surface area contributed by atoms with E-state index in [1.807, 2.05) is 0 Å². The van der Waals surface area contributed by atoms with Crippen molar-refractivity contribution in [3.05, 3.63) is 180 Å². The molecule has 0 unspecified atom stereocenters. The Morgan fingerprint density at radius 3 is 1.34 bits per heavy atom. The average Bonchev–Trinajstić information content (AvgIpc) is 4.03. The molecule has 7 aromatic carbocycles. The summed E-state index contributed by atoms with van der Waals surface area (Å²) in [5.41, 5.74) is 16.2. The Morgan fingerprint density at radius 2 is 0.828 bits per heavy atom. The van der Waals surface area contributed by atoms with Gasteiger partial charge in [0.25, 0.3) is 0 Å². The summed E-state index contributed by atoms with van der Waals surface area (Å²) in [5.74, 6) is 2.18. The van der Waals surface area contributed by atoms with E-state index in [9.17, 15) is 0 Å². The van der Waals surface area contributed by atoms with Crippen LogP contribution in [-0.4, -0.2) is 9.13 Å². The van der Waals surface area contributed by atoms with Crippen LogP contribution in [0.15, 0.2) is 167 Å². The summed E-state index contributed by atoms with van der Waals surface area (Å²) in [6.45, 7) is 0. The minimum atomic E-state index is 0.955. The number of rotatable bonds is 4. The quantitative estimate of drug-likeness (QED) is 0.180. The molecule has 0 amide bonds. The van der Waals surface area contributed by atoms with Gasteiger partial charge in [0, 0.05) is 67.7 Å². The first-order valence-electron chi connectivity index (χ1n) is 20.4. The van der Waals surface area contributed by atoms with E-state index in [1.165, 1.54) is 87.8 Å². The largest absolute Gasteiger partial charge is 0.460 e. The zero-order chi connectivity index (χ0) is 37.9. The normalized spacial score (nSPS) is 13.8. The van der Waals surface area contributed by atoms with Crippen LogP contribution in [0.5, 0.6) is 0 Å². The lowest BCUT2D eigenvalue weighted by molar-refractivity contribution is 0.546. The number of aromatic nitrogens is 2. The summed E-state index contributed by atoms with van der Waals surface area (Å²) in [5, 5.41) is 7.33. The molecule has 0 aliphatic heterocycles. The maximum atomic E-state index is 6.26. The maximum Gasteiger partial charge on any atom is 0.135 e. The van der Waals surface area contributed by atoms with Crippen LogP contribution in [0.25, 0.3) is 111 Å². The van der Waals surface area contributed by atoms with E-state index in [4.69, 9.17) is 8.83 Å². The number of para-hydroxylation sites is 2. The van der Waals surface area contributed by atoms with Gasteiger partial charge in [0.1, 0.15) is 22.7 Å². The predicted molar refractivity (Wildman–Crippen MR) is 240 cm³/mol. The summed E-state index contributed by atoms with van der Waals surface area (Å²) >= 11 is 0. The Kier molecular flexibility index (Phi) is 6.65. The third-order valence-corrected chi connectivity index (χ3v) is 12.6. The van der Waals surface area contributed by atoms with Gasteiger partial charge >= 0.3 is 0 Å². The summed E-state index contributed by atoms with van der Waals surface area (Å²) in [6.07, 6.45) is 12.9. The fraction of sp³-hybridized carbons (Fsp3) is 0.0741. The van der Waals surface area contributed by atoms with E-state index in [2.05, 4.69) is 179 Å². The highest BCUT2D eigenvalue weighted by molar-refractivity contribution is 6.12. The maximum absolute atomic E-state index is 6.26. The molecule has 4 heterocycles. The third kappa shape index (κ3) is 4.63. The molecule has 13 rings (SSSR count). The lowest BCUT2D eigenvalue weighted by Gasteiger charge is -2.10. The van der Waals surface area contributed by atoms with Crippen molar-refractivity contribution >= 4 is 77.7 Å². The van der Waals surface area contributed by atoms with Crippen molar-refractivity contribution in [3.8, 4) is 33.6 Å². The van der Waals surface area contributed by atoms with E-state index in [0.29, 0.717) is 0 Å². The molecule has 0 atom stereocenters. The Labute approximate surface area is 334 Å². The van der Waals surface area contributed by atoms with Crippen molar-refractivity contribution < 1.29 is 8.83 Å². The number of hydrogen-bond acceptors (Lipinski definition) is 2. The monoisotopic (exact) mass is 744 g/mol. The first-order valence-corrected chi connectivity index (χ1v) is 20.4. The minimum absolute atomic E-state index is 0.955. The summed E-state index contributed by atoms with van der Waals surface area (Å²) in [4.78, 5) is 0. The third-order valence-electron chi connectivity index (χ3n) is 12.6. The molecule has 0 saturated heterocycles. The highest BCUT2D eigenvalue weighted by Gasteiger charge is 2.20. The van der Waals surface area contributed by atoms with Crippen LogP contribution < -0.4 is 0 Å². The van der Waals surface area contributed by atoms with Crippen LogP contribution in [0.2, 0.25) is 0 Å². The van der Waals surface area contributed by atoms with E-state index in [0.717, 1.165) is 59.7 Å². The highest BCUT2D eigenvalue weighted by Crippen LogP contribution is 2.41. The molecule has 4 nitrogen and oxygen atoms in total. The number of hydrogen-bond donors (Lipinski definition) is 0. The van der Waals surface area contributed by atoms with Crippen LogP contribution in [0.4, 0.5) is 0 Å². The smallest absolute Gasteiger partial charge is 0.135 e. The van der Waals surface area contributed by atoms with Crippen LogP contribution in [0, 0.1) is 0 Å². The van der Waals surface area contributed by atoms with Crippen molar-refractivity contribution in [2.75, 3.05) is 0 Å². The molecular formula is C54H36N2O2. The molecule has 58 heavy (non-hydrogen) atoms. The van der Waals surface area contributed by atoms with Gasteiger partial charge in [-0.25, -0.2) is 0 Å². The van der Waals surface area contributed by atoms with Crippen molar-refractivity contribution in [2.24, 2.45) is 0 Å². The van der Waals surface area contributed by atoms with E-state index < -0.39 is 0 Å².